The highest BCUT2D eigenvalue weighted by Crippen LogP contribution is 2.35. The van der Waals surface area contributed by atoms with Crippen LogP contribution in [0.4, 0.5) is 0 Å². The average Bonchev–Trinajstić information content (AvgIpc) is 2.37. The van der Waals surface area contributed by atoms with Crippen molar-refractivity contribution in [3.63, 3.8) is 0 Å². The highest BCUT2D eigenvalue weighted by Gasteiger charge is 2.29. The van der Waals surface area contributed by atoms with Crippen LogP contribution in [0.3, 0.4) is 0 Å². The fourth-order valence-corrected chi connectivity index (χ4v) is 3.32. The molecule has 6 heteroatoms. The van der Waals surface area contributed by atoms with E-state index >= 15 is 0 Å². The Balaban J connectivity index is 2.79. The zero-order valence-electron chi connectivity index (χ0n) is 10.0. The molecule has 1 N–H and O–H groups in total. The Morgan fingerprint density at radius 3 is 2.53 bits per heavy atom. The van der Waals surface area contributed by atoms with E-state index < -0.39 is 5.97 Å². The number of hydrogen-bond acceptors (Lipinski definition) is 4. The zero-order valence-corrected chi connectivity index (χ0v) is 12.5. The molecular formula is C11H15NO2S3. The van der Waals surface area contributed by atoms with Crippen LogP contribution in [-0.4, -0.2) is 31.8 Å². The second kappa shape index (κ2) is 5.46. The van der Waals surface area contributed by atoms with E-state index in [-0.39, 0.29) is 11.8 Å². The van der Waals surface area contributed by atoms with Gasteiger partial charge in [-0.1, -0.05) is 63.0 Å². The van der Waals surface area contributed by atoms with Gasteiger partial charge in [-0.2, -0.15) is 0 Å². The summed E-state index contributed by atoms with van der Waals surface area (Å²) in [5, 5.41) is 8.66. The summed E-state index contributed by atoms with van der Waals surface area (Å²) in [5.41, 5.74) is 0.0326. The highest BCUT2D eigenvalue weighted by molar-refractivity contribution is 8.27. The Hall–Kier alpha value is -0.460. The monoisotopic (exact) mass is 289 g/mol. The van der Waals surface area contributed by atoms with Crippen molar-refractivity contribution in [1.82, 2.24) is 4.90 Å². The van der Waals surface area contributed by atoms with E-state index in [1.807, 2.05) is 0 Å². The molecule has 0 aromatic rings. The minimum atomic E-state index is -0.839. The summed E-state index contributed by atoms with van der Waals surface area (Å²) in [6, 6.07) is 0. The van der Waals surface area contributed by atoms with Crippen molar-refractivity contribution < 1.29 is 9.90 Å². The maximum absolute atomic E-state index is 10.5. The minimum absolute atomic E-state index is 0.0326. The van der Waals surface area contributed by atoms with Crippen LogP contribution in [0.2, 0.25) is 0 Å². The Morgan fingerprint density at radius 1 is 1.47 bits per heavy atom. The maximum Gasteiger partial charge on any atom is 0.305 e. The molecule has 0 spiro atoms. The summed E-state index contributed by atoms with van der Waals surface area (Å²) in [7, 11) is 0. The van der Waals surface area contributed by atoms with Crippen molar-refractivity contribution in [2.75, 3.05) is 6.54 Å². The first kappa shape index (κ1) is 14.6. The average molecular weight is 289 g/mol. The molecule has 1 rings (SSSR count). The summed E-state index contributed by atoms with van der Waals surface area (Å²) < 4.78 is 0.645. The summed E-state index contributed by atoms with van der Waals surface area (Å²) >= 11 is 12.0. The van der Waals surface area contributed by atoms with E-state index in [0.29, 0.717) is 15.9 Å². The predicted molar refractivity (Wildman–Crippen MR) is 79.3 cm³/mol. The molecule has 1 aliphatic heterocycles. The maximum atomic E-state index is 10.5. The number of thioether (sulfide) groups is 1. The standard InChI is InChI=1S/C11H15NO2S3/c1-11(2,3)6-7-9(15)12(10(16)17-7)5-4-8(13)14/h6H,4-5H2,1-3H3,(H,13,14)/b7-6-. The van der Waals surface area contributed by atoms with Gasteiger partial charge in [-0.15, -0.1) is 0 Å². The molecule has 1 saturated heterocycles. The van der Waals surface area contributed by atoms with Gasteiger partial charge in [0.05, 0.1) is 6.42 Å². The molecule has 0 radical (unpaired) electrons. The van der Waals surface area contributed by atoms with Gasteiger partial charge in [0.15, 0.2) is 0 Å². The summed E-state index contributed by atoms with van der Waals surface area (Å²) in [6.45, 7) is 6.62. The molecule has 1 aliphatic rings. The molecule has 0 aromatic carbocycles. The van der Waals surface area contributed by atoms with Crippen LogP contribution in [-0.2, 0) is 4.79 Å². The van der Waals surface area contributed by atoms with Crippen molar-refractivity contribution in [3.05, 3.63) is 11.0 Å². The second-order valence-corrected chi connectivity index (χ2v) is 6.91. The quantitative estimate of drug-likeness (QED) is 0.636. The number of carbonyl (C=O) groups is 1. The number of rotatable bonds is 3. The lowest BCUT2D eigenvalue weighted by atomic mass is 9.96. The number of carboxylic acid groups (broad SMARTS) is 1. The number of thiocarbonyl (C=S) groups is 2. The summed E-state index contributed by atoms with van der Waals surface area (Å²) in [5.74, 6) is -0.839. The lowest BCUT2D eigenvalue weighted by Crippen LogP contribution is -2.29. The molecule has 0 saturated carbocycles. The first-order chi connectivity index (χ1) is 7.70. The molecule has 0 aliphatic carbocycles. The first-order valence-corrected chi connectivity index (χ1v) is 6.82. The molecule has 3 nitrogen and oxygen atoms in total. The predicted octanol–water partition coefficient (Wildman–Crippen LogP) is 3.05. The van der Waals surface area contributed by atoms with E-state index in [9.17, 15) is 4.79 Å². The first-order valence-electron chi connectivity index (χ1n) is 5.19. The van der Waals surface area contributed by atoms with Crippen molar-refractivity contribution in [1.29, 1.82) is 0 Å². The van der Waals surface area contributed by atoms with E-state index in [2.05, 4.69) is 26.8 Å². The number of allylic oxidation sites excluding steroid dienone is 1. The van der Waals surface area contributed by atoms with E-state index in [1.165, 1.54) is 11.8 Å². The molecule has 17 heavy (non-hydrogen) atoms. The second-order valence-electron chi connectivity index (χ2n) is 4.84. The number of aliphatic carboxylic acids is 1. The molecule has 1 heterocycles. The van der Waals surface area contributed by atoms with Crippen molar-refractivity contribution in [2.45, 2.75) is 27.2 Å². The lowest BCUT2D eigenvalue weighted by Gasteiger charge is -2.16. The van der Waals surface area contributed by atoms with Gasteiger partial charge in [-0.25, -0.2) is 0 Å². The minimum Gasteiger partial charge on any atom is -0.481 e. The van der Waals surface area contributed by atoms with Gasteiger partial charge in [0, 0.05) is 11.4 Å². The van der Waals surface area contributed by atoms with Crippen LogP contribution in [0.15, 0.2) is 11.0 Å². The largest absolute Gasteiger partial charge is 0.481 e. The Labute approximate surface area is 116 Å². The van der Waals surface area contributed by atoms with Gasteiger partial charge in [-0.3, -0.25) is 4.79 Å². The Bertz CT molecular complexity index is 396. The zero-order chi connectivity index (χ0) is 13.2. The van der Waals surface area contributed by atoms with Crippen LogP contribution in [0.5, 0.6) is 0 Å². The third-order valence-corrected chi connectivity index (χ3v) is 3.95. The summed E-state index contributed by atoms with van der Waals surface area (Å²) in [6.07, 6.45) is 2.12. The van der Waals surface area contributed by atoms with E-state index in [1.54, 1.807) is 4.90 Å². The van der Waals surface area contributed by atoms with Gasteiger partial charge >= 0.3 is 5.97 Å². The molecule has 0 amide bonds. The lowest BCUT2D eigenvalue weighted by molar-refractivity contribution is -0.137. The van der Waals surface area contributed by atoms with Gasteiger partial charge in [-0.05, 0) is 5.41 Å². The van der Waals surface area contributed by atoms with E-state index in [4.69, 9.17) is 29.5 Å². The molecule has 94 valence electrons. The molecule has 0 aromatic heterocycles. The summed E-state index contributed by atoms with van der Waals surface area (Å²) in [4.78, 5) is 13.9. The van der Waals surface area contributed by atoms with Crippen LogP contribution >= 0.6 is 36.2 Å². The molecule has 1 fully saturated rings. The fourth-order valence-electron chi connectivity index (χ4n) is 1.29. The number of hydrogen-bond donors (Lipinski definition) is 1. The number of nitrogens with zero attached hydrogens (tertiary/aromatic N) is 1. The number of carboxylic acids is 1. The van der Waals surface area contributed by atoms with Crippen LogP contribution < -0.4 is 0 Å². The topological polar surface area (TPSA) is 40.5 Å². The van der Waals surface area contributed by atoms with Crippen LogP contribution in [0, 0.1) is 5.41 Å². The fraction of sp³-hybridized carbons (Fsp3) is 0.545. The normalized spacial score (nSPS) is 19.2. The Morgan fingerprint density at radius 2 is 2.06 bits per heavy atom. The van der Waals surface area contributed by atoms with Gasteiger partial charge < -0.3 is 10.0 Å². The molecule has 0 atom stereocenters. The van der Waals surface area contributed by atoms with Gasteiger partial charge in [0.1, 0.15) is 9.31 Å². The van der Waals surface area contributed by atoms with Crippen LogP contribution in [0.1, 0.15) is 27.2 Å². The van der Waals surface area contributed by atoms with Crippen molar-refractivity contribution in [3.8, 4) is 0 Å². The SMILES string of the molecule is CC(C)(C)/C=C1\SC(=S)N(CCC(=O)O)C1=S. The van der Waals surface area contributed by atoms with Gasteiger partial charge in [0.25, 0.3) is 0 Å². The van der Waals surface area contributed by atoms with Gasteiger partial charge in [0.2, 0.25) is 0 Å². The third-order valence-electron chi connectivity index (χ3n) is 1.99. The molecule has 0 bridgehead atoms. The molecular weight excluding hydrogens is 274 g/mol. The smallest absolute Gasteiger partial charge is 0.305 e. The van der Waals surface area contributed by atoms with E-state index in [0.717, 1.165) is 4.91 Å². The third kappa shape index (κ3) is 4.37. The highest BCUT2D eigenvalue weighted by atomic mass is 32.2. The van der Waals surface area contributed by atoms with Crippen molar-refractivity contribution >= 4 is 51.5 Å². The van der Waals surface area contributed by atoms with Crippen LogP contribution in [0.25, 0.3) is 0 Å². The molecule has 0 unspecified atom stereocenters. The van der Waals surface area contributed by atoms with Crippen molar-refractivity contribution in [2.24, 2.45) is 5.41 Å². The Kier molecular flexibility index (Phi) is 4.69.